The zero-order chi connectivity index (χ0) is 18.1. The molecule has 2 N–H and O–H groups in total. The van der Waals surface area contributed by atoms with Gasteiger partial charge in [-0.3, -0.25) is 4.90 Å². The van der Waals surface area contributed by atoms with Gasteiger partial charge in [0.25, 0.3) is 0 Å². The average Bonchev–Trinajstić information content (AvgIpc) is 3.28. The Morgan fingerprint density at radius 2 is 2.12 bits per heavy atom. The first-order valence-electron chi connectivity index (χ1n) is 8.70. The number of H-pyrrole nitrogens is 1. The van der Waals surface area contributed by atoms with Crippen LogP contribution >= 0.6 is 0 Å². The number of hydrogen-bond acceptors (Lipinski definition) is 4. The molecular weight excluding hydrogens is 330 g/mol. The number of carbonyl (C=O) groups is 1. The van der Waals surface area contributed by atoms with Crippen LogP contribution < -0.4 is 4.74 Å². The fourth-order valence-electron chi connectivity index (χ4n) is 3.54. The van der Waals surface area contributed by atoms with Crippen molar-refractivity contribution in [2.45, 2.75) is 18.9 Å². The van der Waals surface area contributed by atoms with Crippen molar-refractivity contribution in [3.05, 3.63) is 59.4 Å². The number of rotatable bonds is 5. The van der Waals surface area contributed by atoms with E-state index in [0.717, 1.165) is 54.2 Å². The maximum absolute atomic E-state index is 10.9. The highest BCUT2D eigenvalue weighted by Crippen LogP contribution is 2.29. The van der Waals surface area contributed by atoms with Gasteiger partial charge in [0.05, 0.1) is 23.7 Å². The second-order valence-electron chi connectivity index (χ2n) is 6.73. The molecule has 1 aromatic heterocycles. The van der Waals surface area contributed by atoms with E-state index in [0.29, 0.717) is 11.5 Å². The number of aromatic amines is 1. The molecule has 3 aromatic rings. The number of ether oxygens (including phenoxy) is 1. The van der Waals surface area contributed by atoms with Gasteiger partial charge in [-0.15, -0.1) is 0 Å². The largest absolute Gasteiger partial charge is 0.497 e. The molecule has 0 unspecified atom stereocenters. The lowest BCUT2D eigenvalue weighted by molar-refractivity contribution is 0.0697. The topological polar surface area (TPSA) is 78.4 Å². The molecule has 0 spiro atoms. The van der Waals surface area contributed by atoms with Crippen molar-refractivity contribution in [1.82, 2.24) is 14.9 Å². The number of nitrogens with one attached hydrogen (secondary N) is 1. The van der Waals surface area contributed by atoms with Crippen LogP contribution in [0.3, 0.4) is 0 Å². The molecule has 1 aliphatic rings. The van der Waals surface area contributed by atoms with Gasteiger partial charge in [0, 0.05) is 25.1 Å². The molecule has 1 aliphatic heterocycles. The summed E-state index contributed by atoms with van der Waals surface area (Å²) in [4.78, 5) is 21.5. The third-order valence-corrected chi connectivity index (χ3v) is 4.97. The number of fused-ring (bicyclic) bond motifs is 1. The number of hydrogen-bond donors (Lipinski definition) is 2. The predicted octanol–water partition coefficient (Wildman–Crippen LogP) is 3.26. The molecule has 1 saturated heterocycles. The van der Waals surface area contributed by atoms with E-state index < -0.39 is 5.97 Å². The molecule has 2 heterocycles. The number of imidazole rings is 1. The van der Waals surface area contributed by atoms with E-state index in [4.69, 9.17) is 14.8 Å². The summed E-state index contributed by atoms with van der Waals surface area (Å²) in [6, 6.07) is 13.0. The lowest BCUT2D eigenvalue weighted by Gasteiger charge is -2.15. The first-order chi connectivity index (χ1) is 12.6. The minimum Gasteiger partial charge on any atom is -0.497 e. The maximum atomic E-state index is 10.9. The van der Waals surface area contributed by atoms with Crippen molar-refractivity contribution >= 4 is 17.0 Å². The summed E-state index contributed by atoms with van der Waals surface area (Å²) in [5.74, 6) is 1.34. The molecule has 0 aliphatic carbocycles. The maximum Gasteiger partial charge on any atom is 0.335 e. The van der Waals surface area contributed by atoms with Crippen LogP contribution in [0, 0.1) is 0 Å². The Balaban J connectivity index is 1.44. The number of benzene rings is 2. The summed E-state index contributed by atoms with van der Waals surface area (Å²) in [7, 11) is 1.66. The molecule has 0 radical (unpaired) electrons. The van der Waals surface area contributed by atoms with E-state index in [1.807, 2.05) is 30.3 Å². The summed E-state index contributed by atoms with van der Waals surface area (Å²) in [5.41, 5.74) is 3.42. The monoisotopic (exact) mass is 351 g/mol. The number of carboxylic acids is 1. The summed E-state index contributed by atoms with van der Waals surface area (Å²) >= 11 is 0. The molecule has 6 nitrogen and oxygen atoms in total. The highest BCUT2D eigenvalue weighted by molar-refractivity contribution is 5.87. The molecule has 6 heteroatoms. The Kier molecular flexibility index (Phi) is 4.34. The van der Waals surface area contributed by atoms with Crippen molar-refractivity contribution in [1.29, 1.82) is 0 Å². The van der Waals surface area contributed by atoms with Crippen LogP contribution in [-0.4, -0.2) is 46.1 Å². The Morgan fingerprint density at radius 1 is 1.31 bits per heavy atom. The van der Waals surface area contributed by atoms with Crippen molar-refractivity contribution < 1.29 is 14.6 Å². The fraction of sp³-hybridized carbons (Fsp3) is 0.300. The summed E-state index contributed by atoms with van der Waals surface area (Å²) in [5, 5.41) is 8.98. The van der Waals surface area contributed by atoms with Crippen LogP contribution in [0.25, 0.3) is 11.0 Å². The first kappa shape index (κ1) is 16.6. The molecule has 0 saturated carbocycles. The van der Waals surface area contributed by atoms with Gasteiger partial charge >= 0.3 is 5.97 Å². The normalized spacial score (nSPS) is 17.7. The molecule has 1 atom stereocenters. The minimum atomic E-state index is -0.890. The second kappa shape index (κ2) is 6.80. The van der Waals surface area contributed by atoms with Gasteiger partial charge in [-0.1, -0.05) is 12.1 Å². The summed E-state index contributed by atoms with van der Waals surface area (Å²) in [6.07, 6.45) is 1.06. The van der Waals surface area contributed by atoms with E-state index in [9.17, 15) is 4.79 Å². The van der Waals surface area contributed by atoms with Crippen LogP contribution in [0.5, 0.6) is 5.75 Å². The quantitative estimate of drug-likeness (QED) is 0.738. The van der Waals surface area contributed by atoms with E-state index in [-0.39, 0.29) is 0 Å². The van der Waals surface area contributed by atoms with Crippen molar-refractivity contribution in [2.75, 3.05) is 20.2 Å². The van der Waals surface area contributed by atoms with Crippen LogP contribution in [0.4, 0.5) is 0 Å². The Hall–Kier alpha value is -2.86. The van der Waals surface area contributed by atoms with Gasteiger partial charge in [0.2, 0.25) is 0 Å². The third-order valence-electron chi connectivity index (χ3n) is 4.97. The first-order valence-corrected chi connectivity index (χ1v) is 8.70. The SMILES string of the molecule is COc1ccc2nc([C@H]3CCN(Cc4ccc(C(=O)O)cc4)C3)[nH]c2c1. The Morgan fingerprint density at radius 3 is 2.85 bits per heavy atom. The number of nitrogens with zero attached hydrogens (tertiary/aromatic N) is 2. The van der Waals surface area contributed by atoms with Crippen LogP contribution in [-0.2, 0) is 6.54 Å². The highest BCUT2D eigenvalue weighted by atomic mass is 16.5. The molecule has 4 rings (SSSR count). The van der Waals surface area contributed by atoms with Crippen molar-refractivity contribution in [3.8, 4) is 5.75 Å². The van der Waals surface area contributed by atoms with Gasteiger partial charge in [0.1, 0.15) is 11.6 Å². The number of aromatic carboxylic acids is 1. The molecule has 2 aromatic carbocycles. The second-order valence-corrected chi connectivity index (χ2v) is 6.73. The molecular formula is C20H21N3O3. The lowest BCUT2D eigenvalue weighted by Crippen LogP contribution is -2.20. The Labute approximate surface area is 151 Å². The summed E-state index contributed by atoms with van der Waals surface area (Å²) in [6.45, 7) is 2.77. The van der Waals surface area contributed by atoms with E-state index in [1.54, 1.807) is 19.2 Å². The fourth-order valence-corrected chi connectivity index (χ4v) is 3.54. The van der Waals surface area contributed by atoms with Crippen molar-refractivity contribution in [3.63, 3.8) is 0 Å². The molecule has 0 bridgehead atoms. The van der Waals surface area contributed by atoms with Gasteiger partial charge in [-0.2, -0.15) is 0 Å². The molecule has 134 valence electrons. The number of aromatic nitrogens is 2. The lowest BCUT2D eigenvalue weighted by atomic mass is 10.1. The van der Waals surface area contributed by atoms with Crippen LogP contribution in [0.15, 0.2) is 42.5 Å². The zero-order valence-electron chi connectivity index (χ0n) is 14.6. The van der Waals surface area contributed by atoms with Crippen LogP contribution in [0.1, 0.15) is 34.1 Å². The number of carboxylic acid groups (broad SMARTS) is 1. The standard InChI is InChI=1S/C20H21N3O3/c1-26-16-6-7-17-18(10-16)22-19(21-17)15-8-9-23(12-15)11-13-2-4-14(5-3-13)20(24)25/h2-7,10,15H,8-9,11-12H2,1H3,(H,21,22)(H,24,25)/t15-/m0/s1. The Bertz CT molecular complexity index is 933. The predicted molar refractivity (Wildman–Crippen MR) is 98.7 cm³/mol. The highest BCUT2D eigenvalue weighted by Gasteiger charge is 2.26. The van der Waals surface area contributed by atoms with Gasteiger partial charge in [-0.05, 0) is 42.8 Å². The van der Waals surface area contributed by atoms with Crippen molar-refractivity contribution in [2.24, 2.45) is 0 Å². The van der Waals surface area contributed by atoms with E-state index >= 15 is 0 Å². The minimum absolute atomic E-state index is 0.325. The average molecular weight is 351 g/mol. The third kappa shape index (κ3) is 3.28. The number of likely N-dealkylation sites (tertiary alicyclic amines) is 1. The van der Waals surface area contributed by atoms with Crippen LogP contribution in [0.2, 0.25) is 0 Å². The zero-order valence-corrected chi connectivity index (χ0v) is 14.6. The smallest absolute Gasteiger partial charge is 0.335 e. The van der Waals surface area contributed by atoms with E-state index in [2.05, 4.69) is 9.88 Å². The summed E-state index contributed by atoms with van der Waals surface area (Å²) < 4.78 is 5.27. The molecule has 26 heavy (non-hydrogen) atoms. The van der Waals surface area contributed by atoms with E-state index in [1.165, 1.54) is 0 Å². The molecule has 1 fully saturated rings. The van der Waals surface area contributed by atoms with Gasteiger partial charge in [-0.25, -0.2) is 9.78 Å². The number of methoxy groups -OCH3 is 1. The van der Waals surface area contributed by atoms with Gasteiger partial charge in [0.15, 0.2) is 0 Å². The van der Waals surface area contributed by atoms with Gasteiger partial charge < -0.3 is 14.8 Å². The molecule has 0 amide bonds.